The number of aromatic nitrogens is 2. The van der Waals surface area contributed by atoms with Gasteiger partial charge < -0.3 is 14.5 Å². The van der Waals surface area contributed by atoms with Gasteiger partial charge in [0.1, 0.15) is 0 Å². The Hall–Kier alpha value is -2.63. The number of benzene rings is 1. The van der Waals surface area contributed by atoms with Crippen LogP contribution in [0.25, 0.3) is 0 Å². The lowest BCUT2D eigenvalue weighted by atomic mass is 10.2. The summed E-state index contributed by atoms with van der Waals surface area (Å²) >= 11 is 0. The molecular weight excluding hydrogens is 292 g/mol. The van der Waals surface area contributed by atoms with Gasteiger partial charge >= 0.3 is 5.97 Å². The lowest BCUT2D eigenvalue weighted by Crippen LogP contribution is -2.46. The van der Waals surface area contributed by atoms with Crippen LogP contribution >= 0.6 is 0 Å². The van der Waals surface area contributed by atoms with Crippen molar-refractivity contribution >= 4 is 17.5 Å². The number of carbonyl (C=O) groups excluding carboxylic acids is 1. The average Bonchev–Trinajstić information content (AvgIpc) is 2.61. The minimum atomic E-state index is -0.465. The Bertz CT molecular complexity index is 679. The molecule has 0 N–H and O–H groups in total. The van der Waals surface area contributed by atoms with E-state index in [-0.39, 0.29) is 5.69 Å². The third-order valence-electron chi connectivity index (χ3n) is 4.02. The maximum Gasteiger partial charge on any atom is 0.358 e. The number of methoxy groups -OCH3 is 1. The molecule has 1 aliphatic heterocycles. The second-order valence-electron chi connectivity index (χ2n) is 5.58. The summed E-state index contributed by atoms with van der Waals surface area (Å²) < 4.78 is 4.63. The molecule has 6 heteroatoms. The fourth-order valence-electron chi connectivity index (χ4n) is 2.73. The summed E-state index contributed by atoms with van der Waals surface area (Å²) in [5, 5.41) is 8.07. The van der Waals surface area contributed by atoms with E-state index in [4.69, 9.17) is 0 Å². The van der Waals surface area contributed by atoms with Crippen molar-refractivity contribution in [1.29, 1.82) is 0 Å². The molecule has 1 aromatic carbocycles. The van der Waals surface area contributed by atoms with Gasteiger partial charge in [0.05, 0.1) is 7.11 Å². The summed E-state index contributed by atoms with van der Waals surface area (Å²) in [4.78, 5) is 15.9. The number of carbonyl (C=O) groups is 1. The molecule has 2 aromatic rings. The monoisotopic (exact) mass is 312 g/mol. The molecule has 0 saturated carbocycles. The van der Waals surface area contributed by atoms with Gasteiger partial charge in [-0.05, 0) is 36.8 Å². The number of hydrogen-bond donors (Lipinski definition) is 0. The van der Waals surface area contributed by atoms with Gasteiger partial charge in [-0.2, -0.15) is 0 Å². The Morgan fingerprint density at radius 3 is 2.39 bits per heavy atom. The van der Waals surface area contributed by atoms with Crippen molar-refractivity contribution < 1.29 is 9.53 Å². The first kappa shape index (κ1) is 15.3. The highest BCUT2D eigenvalue weighted by Crippen LogP contribution is 2.20. The Morgan fingerprint density at radius 1 is 1.04 bits per heavy atom. The molecular formula is C17H20N4O2. The van der Waals surface area contributed by atoms with Crippen LogP contribution in [0, 0.1) is 6.92 Å². The highest BCUT2D eigenvalue weighted by Gasteiger charge is 2.19. The van der Waals surface area contributed by atoms with E-state index < -0.39 is 5.97 Å². The molecule has 0 unspecified atom stereocenters. The van der Waals surface area contributed by atoms with E-state index in [9.17, 15) is 4.79 Å². The van der Waals surface area contributed by atoms with Crippen molar-refractivity contribution in [3.63, 3.8) is 0 Å². The first-order chi connectivity index (χ1) is 11.2. The van der Waals surface area contributed by atoms with Crippen molar-refractivity contribution in [2.75, 3.05) is 43.1 Å². The van der Waals surface area contributed by atoms with Crippen molar-refractivity contribution in [2.45, 2.75) is 6.92 Å². The molecule has 0 spiro atoms. The van der Waals surface area contributed by atoms with Crippen LogP contribution in [0.3, 0.4) is 0 Å². The Morgan fingerprint density at radius 2 is 1.78 bits per heavy atom. The zero-order valence-corrected chi connectivity index (χ0v) is 13.4. The Balaban J connectivity index is 1.63. The fraction of sp³-hybridized carbons (Fsp3) is 0.353. The molecule has 23 heavy (non-hydrogen) atoms. The van der Waals surface area contributed by atoms with Crippen LogP contribution in [0.1, 0.15) is 16.1 Å². The maximum absolute atomic E-state index is 11.4. The predicted octanol–water partition coefficient (Wildman–Crippen LogP) is 1.90. The molecule has 6 nitrogen and oxygen atoms in total. The zero-order valence-electron chi connectivity index (χ0n) is 13.4. The molecule has 3 rings (SSSR count). The first-order valence-corrected chi connectivity index (χ1v) is 7.66. The van der Waals surface area contributed by atoms with Crippen LogP contribution in [-0.4, -0.2) is 49.5 Å². The standard InChI is InChI=1S/C17H20N4O2/c1-13-4-3-5-14(12-13)20-8-10-21(11-9-20)16-7-6-15(18-19-16)17(22)23-2/h3-7,12H,8-11H2,1-2H3. The Labute approximate surface area is 135 Å². The average molecular weight is 312 g/mol. The molecule has 1 aliphatic rings. The highest BCUT2D eigenvalue weighted by atomic mass is 16.5. The van der Waals surface area contributed by atoms with Crippen LogP contribution in [0.15, 0.2) is 36.4 Å². The number of hydrogen-bond acceptors (Lipinski definition) is 6. The second-order valence-corrected chi connectivity index (χ2v) is 5.58. The normalized spacial score (nSPS) is 14.7. The van der Waals surface area contributed by atoms with E-state index in [2.05, 4.69) is 55.9 Å². The van der Waals surface area contributed by atoms with Crippen LogP contribution in [-0.2, 0) is 4.74 Å². The summed E-state index contributed by atoms with van der Waals surface area (Å²) in [6.07, 6.45) is 0. The van der Waals surface area contributed by atoms with E-state index >= 15 is 0 Å². The van der Waals surface area contributed by atoms with Crippen LogP contribution in [0.2, 0.25) is 0 Å². The van der Waals surface area contributed by atoms with Crippen LogP contribution < -0.4 is 9.80 Å². The van der Waals surface area contributed by atoms with Gasteiger partial charge in [-0.25, -0.2) is 4.79 Å². The first-order valence-electron chi connectivity index (χ1n) is 7.66. The number of piperazine rings is 1. The molecule has 1 saturated heterocycles. The van der Waals surface area contributed by atoms with E-state index in [0.717, 1.165) is 32.0 Å². The third kappa shape index (κ3) is 3.41. The van der Waals surface area contributed by atoms with Crippen molar-refractivity contribution in [2.24, 2.45) is 0 Å². The van der Waals surface area contributed by atoms with E-state index in [1.165, 1.54) is 18.4 Å². The van der Waals surface area contributed by atoms with Gasteiger partial charge in [0.25, 0.3) is 0 Å². The molecule has 0 amide bonds. The lowest BCUT2D eigenvalue weighted by molar-refractivity contribution is 0.0592. The summed E-state index contributed by atoms with van der Waals surface area (Å²) in [5.74, 6) is 0.329. The third-order valence-corrected chi connectivity index (χ3v) is 4.02. The summed E-state index contributed by atoms with van der Waals surface area (Å²) in [6, 6.07) is 12.0. The minimum Gasteiger partial charge on any atom is -0.464 e. The molecule has 0 bridgehead atoms. The van der Waals surface area contributed by atoms with Gasteiger partial charge in [0, 0.05) is 31.9 Å². The zero-order chi connectivity index (χ0) is 16.2. The molecule has 1 aromatic heterocycles. The van der Waals surface area contributed by atoms with Crippen LogP contribution in [0.5, 0.6) is 0 Å². The fourth-order valence-corrected chi connectivity index (χ4v) is 2.73. The van der Waals surface area contributed by atoms with Crippen molar-refractivity contribution in [3.05, 3.63) is 47.7 Å². The SMILES string of the molecule is COC(=O)c1ccc(N2CCN(c3cccc(C)c3)CC2)nn1. The molecule has 0 radical (unpaired) electrons. The Kier molecular flexibility index (Phi) is 4.41. The smallest absolute Gasteiger partial charge is 0.358 e. The highest BCUT2D eigenvalue weighted by molar-refractivity contribution is 5.87. The van der Waals surface area contributed by atoms with Crippen molar-refractivity contribution in [1.82, 2.24) is 10.2 Å². The lowest BCUT2D eigenvalue weighted by Gasteiger charge is -2.36. The van der Waals surface area contributed by atoms with Gasteiger partial charge in [-0.15, -0.1) is 10.2 Å². The molecule has 0 aliphatic carbocycles. The summed E-state index contributed by atoms with van der Waals surface area (Å²) in [5.41, 5.74) is 2.76. The predicted molar refractivity (Wildman–Crippen MR) is 89.0 cm³/mol. The number of rotatable bonds is 3. The molecule has 0 atom stereocenters. The second kappa shape index (κ2) is 6.64. The molecule has 2 heterocycles. The number of aryl methyl sites for hydroxylation is 1. The molecule has 120 valence electrons. The summed E-state index contributed by atoms with van der Waals surface area (Å²) in [7, 11) is 1.34. The van der Waals surface area contributed by atoms with Gasteiger partial charge in [-0.3, -0.25) is 0 Å². The number of ether oxygens (including phenoxy) is 1. The minimum absolute atomic E-state index is 0.231. The van der Waals surface area contributed by atoms with Gasteiger partial charge in [-0.1, -0.05) is 12.1 Å². The van der Waals surface area contributed by atoms with Gasteiger partial charge in [0.15, 0.2) is 11.5 Å². The summed E-state index contributed by atoms with van der Waals surface area (Å²) in [6.45, 7) is 5.73. The van der Waals surface area contributed by atoms with E-state index in [1.54, 1.807) is 6.07 Å². The topological polar surface area (TPSA) is 58.6 Å². The molecule has 1 fully saturated rings. The number of anilines is 2. The van der Waals surface area contributed by atoms with E-state index in [1.807, 2.05) is 6.07 Å². The van der Waals surface area contributed by atoms with Crippen molar-refractivity contribution in [3.8, 4) is 0 Å². The van der Waals surface area contributed by atoms with Crippen LogP contribution in [0.4, 0.5) is 11.5 Å². The maximum atomic E-state index is 11.4. The van der Waals surface area contributed by atoms with E-state index in [0.29, 0.717) is 0 Å². The number of nitrogens with zero attached hydrogens (tertiary/aromatic N) is 4. The number of esters is 1. The quantitative estimate of drug-likeness (QED) is 0.807. The largest absolute Gasteiger partial charge is 0.464 e. The van der Waals surface area contributed by atoms with Gasteiger partial charge in [0.2, 0.25) is 0 Å².